The number of rotatable bonds is 8. The van der Waals surface area contributed by atoms with Crippen LogP contribution in [0, 0.1) is 0 Å². The minimum atomic E-state index is -2.24. The second-order valence-electron chi connectivity index (χ2n) is 5.93. The smallest absolute Gasteiger partial charge is 1.00 e. The summed E-state index contributed by atoms with van der Waals surface area (Å²) < 4.78 is 5.21. The Balaban J connectivity index is 0. The molecule has 3 N–H and O–H groups in total. The van der Waals surface area contributed by atoms with Crippen LogP contribution in [0.15, 0.2) is 4.34 Å². The molecule has 0 spiro atoms. The van der Waals surface area contributed by atoms with Gasteiger partial charge < -0.3 is 23.1 Å². The van der Waals surface area contributed by atoms with Crippen molar-refractivity contribution in [2.45, 2.75) is 35.4 Å². The average molecular weight is 494 g/mol. The Labute approximate surface area is 230 Å². The topological polar surface area (TPSA) is 185 Å². The van der Waals surface area contributed by atoms with Crippen molar-refractivity contribution < 1.29 is 106 Å². The number of hydroxylamine groups is 2. The van der Waals surface area contributed by atoms with E-state index >= 15 is 0 Å². The molecule has 2 atom stereocenters. The number of amides is 2. The molecule has 3 heterocycles. The van der Waals surface area contributed by atoms with Crippen molar-refractivity contribution in [3.8, 4) is 0 Å². The second kappa shape index (κ2) is 11.9. The van der Waals surface area contributed by atoms with E-state index < -0.39 is 41.5 Å². The summed E-state index contributed by atoms with van der Waals surface area (Å²) in [5.74, 6) is -4.90. The first-order valence-corrected chi connectivity index (χ1v) is 9.90. The summed E-state index contributed by atoms with van der Waals surface area (Å²) in [5.41, 5.74) is -2.24. The molecule has 17 heteroatoms. The van der Waals surface area contributed by atoms with Crippen LogP contribution in [-0.2, 0) is 40.0 Å². The number of esters is 1. The molecule has 0 radical (unpaired) electrons. The number of carbonyl (C=O) groups excluding carboxylic acids is 3. The number of cyclic esters (lactones) is 1. The first-order valence-electron chi connectivity index (χ1n) is 8.10. The number of nitrogens with one attached hydrogen (secondary N) is 1. The Morgan fingerprint density at radius 3 is 2.58 bits per heavy atom. The summed E-state index contributed by atoms with van der Waals surface area (Å²) in [4.78, 5) is 63.2. The van der Waals surface area contributed by atoms with Gasteiger partial charge in [0.1, 0.15) is 17.7 Å². The van der Waals surface area contributed by atoms with E-state index in [1.54, 1.807) is 0 Å². The average Bonchev–Trinajstić information content (AvgIpc) is 3.34. The van der Waals surface area contributed by atoms with Crippen molar-refractivity contribution in [1.29, 1.82) is 0 Å². The van der Waals surface area contributed by atoms with E-state index in [1.807, 2.05) is 0 Å². The van der Waals surface area contributed by atoms with Gasteiger partial charge in [0.2, 0.25) is 5.91 Å². The number of thioether (sulfide) groups is 1. The van der Waals surface area contributed by atoms with E-state index in [4.69, 9.17) is 14.7 Å². The maximum Gasteiger partial charge on any atom is 1.00 e. The molecule has 31 heavy (non-hydrogen) atoms. The van der Waals surface area contributed by atoms with E-state index in [0.717, 1.165) is 23.1 Å². The van der Waals surface area contributed by atoms with Gasteiger partial charge in [-0.05, 0) is 0 Å². The van der Waals surface area contributed by atoms with Gasteiger partial charge in [-0.3, -0.25) is 24.0 Å². The molecule has 3 rings (SSSR count). The molecule has 2 aliphatic heterocycles. The van der Waals surface area contributed by atoms with E-state index in [1.165, 1.54) is 0 Å². The predicted octanol–water partition coefficient (Wildman–Crippen LogP) is -7.13. The zero-order chi connectivity index (χ0) is 21.2. The van der Waals surface area contributed by atoms with E-state index in [-0.39, 0.29) is 93.6 Å². The first kappa shape index (κ1) is 28.3. The SMILES string of the molecule is O=C(O)Cc1nnc(SCC(=O)N[C@H]2CON(C3(C(=O)O)CCC(=O)O3)C2=O)s1.[H-].[H-].[Na+].[Na+]. The monoisotopic (exact) mass is 494 g/mol. The summed E-state index contributed by atoms with van der Waals surface area (Å²) in [7, 11) is 0. The Kier molecular flexibility index (Phi) is 10.8. The van der Waals surface area contributed by atoms with Crippen LogP contribution in [0.2, 0.25) is 0 Å². The van der Waals surface area contributed by atoms with Crippen molar-refractivity contribution >= 4 is 52.8 Å². The van der Waals surface area contributed by atoms with Gasteiger partial charge in [-0.15, -0.1) is 10.2 Å². The molecule has 0 aliphatic carbocycles. The predicted molar refractivity (Wildman–Crippen MR) is 94.6 cm³/mol. The molecule has 13 nitrogen and oxygen atoms in total. The maximum atomic E-state index is 12.5. The summed E-state index contributed by atoms with van der Waals surface area (Å²) in [6.45, 7) is -0.316. The number of carboxylic acid groups (broad SMARTS) is 2. The van der Waals surface area contributed by atoms with Crippen LogP contribution in [0.5, 0.6) is 0 Å². The van der Waals surface area contributed by atoms with Crippen LogP contribution in [0.1, 0.15) is 20.7 Å². The van der Waals surface area contributed by atoms with Crippen LogP contribution in [-0.4, -0.2) is 79.3 Å². The number of nitrogens with zero attached hydrogens (tertiary/aromatic N) is 3. The van der Waals surface area contributed by atoms with Crippen LogP contribution in [0.4, 0.5) is 0 Å². The first-order chi connectivity index (χ1) is 13.7. The number of ether oxygens (including phenoxy) is 1. The fraction of sp³-hybridized carbons (Fsp3) is 0.500. The largest absolute Gasteiger partial charge is 1.00 e. The van der Waals surface area contributed by atoms with Gasteiger partial charge in [0.15, 0.2) is 4.34 Å². The zero-order valence-electron chi connectivity index (χ0n) is 18.5. The normalized spacial score (nSPS) is 22.3. The summed E-state index contributed by atoms with van der Waals surface area (Å²) >= 11 is 2.04. The van der Waals surface area contributed by atoms with Crippen molar-refractivity contribution in [3.63, 3.8) is 0 Å². The van der Waals surface area contributed by atoms with Crippen molar-refractivity contribution in [2.75, 3.05) is 12.4 Å². The third-order valence-electron chi connectivity index (χ3n) is 3.89. The molecular weight excluding hydrogens is 478 g/mol. The van der Waals surface area contributed by atoms with Crippen LogP contribution in [0.25, 0.3) is 0 Å². The van der Waals surface area contributed by atoms with Crippen LogP contribution in [0.3, 0.4) is 0 Å². The van der Waals surface area contributed by atoms with Crippen LogP contribution >= 0.6 is 23.1 Å². The third-order valence-corrected chi connectivity index (χ3v) is 5.95. The standard InChI is InChI=1S/C14H14N4O9S2.2Na.2H/c19-7(5-28-13-17-16-8(29-13)3-9(20)21)15-6-4-26-18(11(6)23)14(12(24)25)2-1-10(22)27-14;;;;/h6H,1-5H2,(H,15,19)(H,20,21)(H,24,25);;;;/q;2*+1;2*-1/t6-,14?;;;;/m0..../s1. The molecule has 2 saturated heterocycles. The number of hydrogen-bond acceptors (Lipinski definition) is 11. The van der Waals surface area contributed by atoms with E-state index in [9.17, 15) is 29.1 Å². The van der Waals surface area contributed by atoms with E-state index in [2.05, 4.69) is 15.5 Å². The molecule has 1 aromatic rings. The molecule has 2 fully saturated rings. The number of aromatic nitrogens is 2. The molecule has 1 unspecified atom stereocenters. The molecule has 0 saturated carbocycles. The minimum Gasteiger partial charge on any atom is -1.00 e. The van der Waals surface area contributed by atoms with Gasteiger partial charge in [0, 0.05) is 6.42 Å². The van der Waals surface area contributed by atoms with Gasteiger partial charge in [-0.1, -0.05) is 23.1 Å². The third kappa shape index (κ3) is 6.61. The Hall–Kier alpha value is -0.780. The molecular formula is C14H16N4Na2O9S2. The number of aliphatic carboxylic acids is 2. The maximum absolute atomic E-state index is 12.5. The fourth-order valence-corrected chi connectivity index (χ4v) is 4.31. The molecule has 2 aliphatic rings. The van der Waals surface area contributed by atoms with Gasteiger partial charge in [-0.2, -0.15) is 5.06 Å². The minimum absolute atomic E-state index is 0. The van der Waals surface area contributed by atoms with Gasteiger partial charge in [-0.25, -0.2) is 4.79 Å². The number of hydrogen-bond donors (Lipinski definition) is 3. The second-order valence-corrected chi connectivity index (χ2v) is 8.22. The van der Waals surface area contributed by atoms with Crippen molar-refractivity contribution in [3.05, 3.63) is 5.01 Å². The molecule has 2 amide bonds. The Morgan fingerprint density at radius 1 is 1.29 bits per heavy atom. The fourth-order valence-electron chi connectivity index (χ4n) is 2.61. The van der Waals surface area contributed by atoms with Gasteiger partial charge in [0.05, 0.1) is 18.6 Å². The summed E-state index contributed by atoms with van der Waals surface area (Å²) in [6, 6.07) is -1.14. The number of carbonyl (C=O) groups is 5. The van der Waals surface area contributed by atoms with Crippen molar-refractivity contribution in [1.82, 2.24) is 20.6 Å². The quantitative estimate of drug-likeness (QED) is 0.176. The zero-order valence-corrected chi connectivity index (χ0v) is 22.2. The Bertz CT molecular complexity index is 897. The molecule has 1 aromatic heterocycles. The molecule has 160 valence electrons. The van der Waals surface area contributed by atoms with Gasteiger partial charge in [0.25, 0.3) is 5.91 Å². The van der Waals surface area contributed by atoms with Gasteiger partial charge >= 0.3 is 82.7 Å². The number of carboxylic acids is 2. The van der Waals surface area contributed by atoms with Crippen molar-refractivity contribution in [2.24, 2.45) is 0 Å². The van der Waals surface area contributed by atoms with Crippen LogP contribution < -0.4 is 64.4 Å². The van der Waals surface area contributed by atoms with E-state index in [0.29, 0.717) is 14.4 Å². The molecule has 0 aromatic carbocycles. The summed E-state index contributed by atoms with van der Waals surface area (Å²) in [5, 5.41) is 28.8. The Morgan fingerprint density at radius 2 is 2.00 bits per heavy atom. The summed E-state index contributed by atoms with van der Waals surface area (Å²) in [6.07, 6.45) is -0.720. The molecule has 0 bridgehead atoms.